The number of hydrogen-bond donors (Lipinski definition) is 2. The maximum absolute atomic E-state index is 11.6. The molecule has 1 aliphatic heterocycles. The molecule has 4 heteroatoms. The quantitative estimate of drug-likeness (QED) is 0.760. The van der Waals surface area contributed by atoms with Gasteiger partial charge in [0.25, 0.3) is 0 Å². The first-order valence-electron chi connectivity index (χ1n) is 6.82. The second-order valence-electron chi connectivity index (χ2n) is 5.01. The molecule has 0 aromatic carbocycles. The van der Waals surface area contributed by atoms with E-state index in [-0.39, 0.29) is 12.0 Å². The van der Waals surface area contributed by atoms with Crippen LogP contribution in [0.2, 0.25) is 0 Å². The second-order valence-corrected chi connectivity index (χ2v) is 5.01. The summed E-state index contributed by atoms with van der Waals surface area (Å²) in [6.45, 7) is 5.91. The van der Waals surface area contributed by atoms with Gasteiger partial charge < -0.3 is 10.4 Å². The van der Waals surface area contributed by atoms with E-state index in [1.165, 1.54) is 12.8 Å². The number of hydrogen-bond acceptors (Lipinski definition) is 3. The van der Waals surface area contributed by atoms with Gasteiger partial charge in [0.1, 0.15) is 0 Å². The summed E-state index contributed by atoms with van der Waals surface area (Å²) in [5.74, 6) is 0.102. The fourth-order valence-corrected chi connectivity index (χ4v) is 2.54. The van der Waals surface area contributed by atoms with Crippen molar-refractivity contribution in [1.29, 1.82) is 0 Å². The van der Waals surface area contributed by atoms with Crippen molar-refractivity contribution < 1.29 is 9.90 Å². The molecule has 0 aliphatic carbocycles. The highest BCUT2D eigenvalue weighted by Crippen LogP contribution is 2.20. The number of amides is 1. The lowest BCUT2D eigenvalue weighted by Crippen LogP contribution is -2.43. The Kier molecular flexibility index (Phi) is 6.52. The Hall–Kier alpha value is -0.610. The molecule has 2 unspecified atom stereocenters. The molecule has 0 aromatic heterocycles. The number of rotatable bonds is 5. The lowest BCUT2D eigenvalue weighted by Gasteiger charge is -2.30. The van der Waals surface area contributed by atoms with E-state index in [1.807, 2.05) is 13.8 Å². The van der Waals surface area contributed by atoms with Gasteiger partial charge in [0.2, 0.25) is 5.91 Å². The zero-order valence-corrected chi connectivity index (χ0v) is 11.1. The zero-order valence-electron chi connectivity index (χ0n) is 11.1. The summed E-state index contributed by atoms with van der Waals surface area (Å²) < 4.78 is 0. The summed E-state index contributed by atoms with van der Waals surface area (Å²) in [4.78, 5) is 13.9. The summed E-state index contributed by atoms with van der Waals surface area (Å²) >= 11 is 0. The average molecular weight is 242 g/mol. The molecule has 0 bridgehead atoms. The first-order chi connectivity index (χ1) is 8.13. The fourth-order valence-electron chi connectivity index (χ4n) is 2.54. The van der Waals surface area contributed by atoms with Crippen LogP contribution in [-0.2, 0) is 4.79 Å². The van der Waals surface area contributed by atoms with Crippen molar-refractivity contribution in [3.8, 4) is 0 Å². The van der Waals surface area contributed by atoms with Crippen molar-refractivity contribution in [3.05, 3.63) is 0 Å². The molecule has 1 fully saturated rings. The van der Waals surface area contributed by atoms with Crippen LogP contribution in [0.1, 0.15) is 46.0 Å². The van der Waals surface area contributed by atoms with E-state index in [9.17, 15) is 9.90 Å². The molecule has 1 saturated heterocycles. The molecule has 1 amide bonds. The molecule has 17 heavy (non-hydrogen) atoms. The zero-order chi connectivity index (χ0) is 12.7. The Labute approximate surface area is 104 Å². The molecular weight excluding hydrogens is 216 g/mol. The van der Waals surface area contributed by atoms with Gasteiger partial charge >= 0.3 is 0 Å². The van der Waals surface area contributed by atoms with Crippen molar-refractivity contribution in [1.82, 2.24) is 10.2 Å². The van der Waals surface area contributed by atoms with Crippen LogP contribution in [0.25, 0.3) is 0 Å². The molecule has 2 atom stereocenters. The molecule has 1 rings (SSSR count). The lowest BCUT2D eigenvalue weighted by atomic mass is 10.0. The monoisotopic (exact) mass is 242 g/mol. The molecule has 4 nitrogen and oxygen atoms in total. The van der Waals surface area contributed by atoms with Gasteiger partial charge in [-0.1, -0.05) is 12.8 Å². The van der Waals surface area contributed by atoms with Gasteiger partial charge in [-0.3, -0.25) is 9.69 Å². The Balaban J connectivity index is 2.52. The molecule has 1 aliphatic rings. The smallest absolute Gasteiger partial charge is 0.234 e. The molecule has 0 saturated carbocycles. The van der Waals surface area contributed by atoms with E-state index < -0.39 is 0 Å². The standard InChI is InChI=1S/C13H26N2O2/c1-3-14-13(17)10-15-8-6-4-5-7-12(15)9-11(2)16/h11-12,16H,3-10H2,1-2H3,(H,14,17). The number of nitrogens with one attached hydrogen (secondary N) is 1. The van der Waals surface area contributed by atoms with E-state index in [1.54, 1.807) is 0 Å². The van der Waals surface area contributed by atoms with Crippen LogP contribution in [-0.4, -0.2) is 47.7 Å². The number of aliphatic hydroxyl groups is 1. The van der Waals surface area contributed by atoms with Crippen molar-refractivity contribution in [2.24, 2.45) is 0 Å². The summed E-state index contributed by atoms with van der Waals surface area (Å²) in [6.07, 6.45) is 5.21. The molecule has 0 spiro atoms. The van der Waals surface area contributed by atoms with Gasteiger partial charge in [-0.25, -0.2) is 0 Å². The highest BCUT2D eigenvalue weighted by atomic mass is 16.3. The first-order valence-corrected chi connectivity index (χ1v) is 6.82. The van der Waals surface area contributed by atoms with Gasteiger partial charge in [-0.2, -0.15) is 0 Å². The van der Waals surface area contributed by atoms with Crippen LogP contribution >= 0.6 is 0 Å². The number of likely N-dealkylation sites (tertiary alicyclic amines) is 1. The van der Waals surface area contributed by atoms with Crippen LogP contribution in [0.4, 0.5) is 0 Å². The third-order valence-electron chi connectivity index (χ3n) is 3.33. The molecule has 2 N–H and O–H groups in total. The molecule has 1 heterocycles. The van der Waals surface area contributed by atoms with Crippen LogP contribution in [0.5, 0.6) is 0 Å². The Morgan fingerprint density at radius 3 is 2.88 bits per heavy atom. The van der Waals surface area contributed by atoms with Crippen molar-refractivity contribution in [2.75, 3.05) is 19.6 Å². The molecule has 100 valence electrons. The second kappa shape index (κ2) is 7.67. The highest BCUT2D eigenvalue weighted by Gasteiger charge is 2.23. The largest absolute Gasteiger partial charge is 0.393 e. The minimum Gasteiger partial charge on any atom is -0.393 e. The normalized spacial score (nSPS) is 24.1. The predicted molar refractivity (Wildman–Crippen MR) is 68.8 cm³/mol. The minimum absolute atomic E-state index is 0.102. The number of nitrogens with zero attached hydrogens (tertiary/aromatic N) is 1. The van der Waals surface area contributed by atoms with Crippen LogP contribution in [0.3, 0.4) is 0 Å². The van der Waals surface area contributed by atoms with E-state index in [4.69, 9.17) is 0 Å². The minimum atomic E-state index is -0.283. The number of aliphatic hydroxyl groups excluding tert-OH is 1. The van der Waals surface area contributed by atoms with Crippen molar-refractivity contribution >= 4 is 5.91 Å². The van der Waals surface area contributed by atoms with Gasteiger partial charge in [0, 0.05) is 12.6 Å². The van der Waals surface area contributed by atoms with E-state index in [0.29, 0.717) is 19.1 Å². The molecule has 0 radical (unpaired) electrons. The number of carbonyl (C=O) groups excluding carboxylic acids is 1. The summed E-state index contributed by atoms with van der Waals surface area (Å²) in [5, 5.41) is 12.4. The van der Waals surface area contributed by atoms with E-state index in [2.05, 4.69) is 10.2 Å². The van der Waals surface area contributed by atoms with Crippen molar-refractivity contribution in [2.45, 2.75) is 58.1 Å². The topological polar surface area (TPSA) is 52.6 Å². The van der Waals surface area contributed by atoms with Crippen molar-refractivity contribution in [3.63, 3.8) is 0 Å². The lowest BCUT2D eigenvalue weighted by molar-refractivity contribution is -0.122. The van der Waals surface area contributed by atoms with Gasteiger partial charge in [-0.15, -0.1) is 0 Å². The third kappa shape index (κ3) is 5.50. The number of carbonyl (C=O) groups is 1. The third-order valence-corrected chi connectivity index (χ3v) is 3.33. The first kappa shape index (κ1) is 14.5. The maximum atomic E-state index is 11.6. The van der Waals surface area contributed by atoms with Gasteiger partial charge in [-0.05, 0) is 39.7 Å². The Morgan fingerprint density at radius 1 is 1.47 bits per heavy atom. The van der Waals surface area contributed by atoms with Gasteiger partial charge in [0.05, 0.1) is 12.6 Å². The molecule has 0 aromatic rings. The molecular formula is C13H26N2O2. The average Bonchev–Trinajstić information content (AvgIpc) is 2.44. The van der Waals surface area contributed by atoms with E-state index in [0.717, 1.165) is 25.8 Å². The summed E-state index contributed by atoms with van der Waals surface area (Å²) in [5.41, 5.74) is 0. The van der Waals surface area contributed by atoms with Crippen LogP contribution in [0.15, 0.2) is 0 Å². The Morgan fingerprint density at radius 2 is 2.24 bits per heavy atom. The SMILES string of the molecule is CCNC(=O)CN1CCCCCC1CC(C)O. The fraction of sp³-hybridized carbons (Fsp3) is 0.923. The van der Waals surface area contributed by atoms with Crippen LogP contribution < -0.4 is 5.32 Å². The maximum Gasteiger partial charge on any atom is 0.234 e. The summed E-state index contributed by atoms with van der Waals surface area (Å²) in [7, 11) is 0. The number of likely N-dealkylation sites (N-methyl/N-ethyl adjacent to an activating group) is 1. The van der Waals surface area contributed by atoms with Gasteiger partial charge in [0.15, 0.2) is 0 Å². The summed E-state index contributed by atoms with van der Waals surface area (Å²) in [6, 6.07) is 0.361. The Bertz CT molecular complexity index is 231. The highest BCUT2D eigenvalue weighted by molar-refractivity contribution is 5.77. The predicted octanol–water partition coefficient (Wildman–Crippen LogP) is 1.14. The van der Waals surface area contributed by atoms with E-state index >= 15 is 0 Å². The van der Waals surface area contributed by atoms with Crippen LogP contribution in [0, 0.1) is 0 Å².